The van der Waals surface area contributed by atoms with Gasteiger partial charge in [-0.15, -0.1) is 0 Å². The maximum absolute atomic E-state index is 11.5. The van der Waals surface area contributed by atoms with Crippen LogP contribution in [0.4, 0.5) is 4.79 Å². The second-order valence-corrected chi connectivity index (χ2v) is 3.94. The molecule has 0 aliphatic rings. The Morgan fingerprint density at radius 3 is 2.29 bits per heavy atom. The standard InChI is InChI=1S/C12H15NO4/c1-12(2,10(14)16-3)13-11(15)17-9-7-5-4-6-8-9/h4-8H,1-3H3,(H,13,15). The number of carbonyl (C=O) groups is 2. The topological polar surface area (TPSA) is 64.6 Å². The molecule has 0 saturated carbocycles. The number of methoxy groups -OCH3 is 1. The molecule has 1 amide bonds. The van der Waals surface area contributed by atoms with Crippen LogP contribution < -0.4 is 10.1 Å². The van der Waals surface area contributed by atoms with E-state index >= 15 is 0 Å². The average Bonchev–Trinajstić information content (AvgIpc) is 2.28. The minimum atomic E-state index is -1.12. The summed E-state index contributed by atoms with van der Waals surface area (Å²) in [5.74, 6) is -0.131. The van der Waals surface area contributed by atoms with Gasteiger partial charge in [-0.05, 0) is 26.0 Å². The van der Waals surface area contributed by atoms with Gasteiger partial charge in [0.1, 0.15) is 11.3 Å². The average molecular weight is 237 g/mol. The summed E-state index contributed by atoms with van der Waals surface area (Å²) in [6.07, 6.45) is -0.702. The number of para-hydroxylation sites is 1. The lowest BCUT2D eigenvalue weighted by molar-refractivity contribution is -0.146. The third-order valence-corrected chi connectivity index (χ3v) is 2.06. The van der Waals surface area contributed by atoms with E-state index < -0.39 is 17.6 Å². The fraction of sp³-hybridized carbons (Fsp3) is 0.333. The largest absolute Gasteiger partial charge is 0.467 e. The summed E-state index contributed by atoms with van der Waals surface area (Å²) in [4.78, 5) is 22.8. The van der Waals surface area contributed by atoms with Crippen LogP contribution in [-0.4, -0.2) is 24.7 Å². The van der Waals surface area contributed by atoms with Gasteiger partial charge in [0, 0.05) is 0 Å². The zero-order chi connectivity index (χ0) is 12.9. The first kappa shape index (κ1) is 13.0. The monoisotopic (exact) mass is 237 g/mol. The zero-order valence-electron chi connectivity index (χ0n) is 10.0. The molecule has 17 heavy (non-hydrogen) atoms. The molecular formula is C12H15NO4. The van der Waals surface area contributed by atoms with E-state index in [1.165, 1.54) is 21.0 Å². The van der Waals surface area contributed by atoms with Crippen molar-refractivity contribution < 1.29 is 19.1 Å². The number of hydrogen-bond acceptors (Lipinski definition) is 4. The molecule has 0 aliphatic carbocycles. The van der Waals surface area contributed by atoms with Crippen molar-refractivity contribution in [1.82, 2.24) is 5.32 Å². The highest BCUT2D eigenvalue weighted by atomic mass is 16.6. The number of amides is 1. The van der Waals surface area contributed by atoms with Crippen molar-refractivity contribution >= 4 is 12.1 Å². The molecule has 0 fully saturated rings. The number of carbonyl (C=O) groups excluding carboxylic acids is 2. The predicted molar refractivity (Wildman–Crippen MR) is 61.7 cm³/mol. The lowest BCUT2D eigenvalue weighted by Gasteiger charge is -2.22. The Kier molecular flexibility index (Phi) is 4.09. The maximum atomic E-state index is 11.5. The van der Waals surface area contributed by atoms with Crippen LogP contribution in [0.3, 0.4) is 0 Å². The Labute approximate surface area is 99.7 Å². The van der Waals surface area contributed by atoms with Crippen LogP contribution in [-0.2, 0) is 9.53 Å². The number of rotatable bonds is 3. The zero-order valence-corrected chi connectivity index (χ0v) is 10.0. The van der Waals surface area contributed by atoms with Crippen molar-refractivity contribution in [3.8, 4) is 5.75 Å². The SMILES string of the molecule is COC(=O)C(C)(C)NC(=O)Oc1ccccc1. The van der Waals surface area contributed by atoms with Crippen molar-refractivity contribution in [2.24, 2.45) is 0 Å². The van der Waals surface area contributed by atoms with Gasteiger partial charge in [-0.25, -0.2) is 9.59 Å². The summed E-state index contributed by atoms with van der Waals surface area (Å²) < 4.78 is 9.54. The van der Waals surface area contributed by atoms with Crippen LogP contribution in [0, 0.1) is 0 Å². The molecule has 1 aromatic carbocycles. The van der Waals surface area contributed by atoms with Crippen molar-refractivity contribution in [2.75, 3.05) is 7.11 Å². The number of nitrogens with one attached hydrogen (secondary N) is 1. The number of benzene rings is 1. The van der Waals surface area contributed by atoms with Crippen LogP contribution in [0.5, 0.6) is 5.75 Å². The number of hydrogen-bond donors (Lipinski definition) is 1. The molecule has 5 nitrogen and oxygen atoms in total. The molecule has 0 radical (unpaired) electrons. The van der Waals surface area contributed by atoms with E-state index in [4.69, 9.17) is 4.74 Å². The Hall–Kier alpha value is -2.04. The maximum Gasteiger partial charge on any atom is 0.413 e. The molecule has 0 spiro atoms. The summed E-state index contributed by atoms with van der Waals surface area (Å²) in [6.45, 7) is 3.07. The van der Waals surface area contributed by atoms with Crippen LogP contribution in [0.2, 0.25) is 0 Å². The molecule has 1 N–H and O–H groups in total. The van der Waals surface area contributed by atoms with Crippen molar-refractivity contribution in [2.45, 2.75) is 19.4 Å². The van der Waals surface area contributed by atoms with E-state index in [-0.39, 0.29) is 0 Å². The van der Waals surface area contributed by atoms with Gasteiger partial charge in [0.2, 0.25) is 0 Å². The van der Waals surface area contributed by atoms with Crippen LogP contribution >= 0.6 is 0 Å². The fourth-order valence-electron chi connectivity index (χ4n) is 1.18. The minimum Gasteiger partial charge on any atom is -0.467 e. The molecule has 0 heterocycles. The predicted octanol–water partition coefficient (Wildman–Crippen LogP) is 1.73. The lowest BCUT2D eigenvalue weighted by atomic mass is 10.1. The van der Waals surface area contributed by atoms with Crippen LogP contribution in [0.1, 0.15) is 13.8 Å². The Bertz CT molecular complexity index is 400. The van der Waals surface area contributed by atoms with Gasteiger partial charge in [-0.3, -0.25) is 0 Å². The molecule has 1 aromatic rings. The smallest absolute Gasteiger partial charge is 0.413 e. The van der Waals surface area contributed by atoms with Gasteiger partial charge in [-0.1, -0.05) is 18.2 Å². The van der Waals surface area contributed by atoms with Gasteiger partial charge in [-0.2, -0.15) is 0 Å². The summed E-state index contributed by atoms with van der Waals surface area (Å²) in [5.41, 5.74) is -1.12. The summed E-state index contributed by atoms with van der Waals surface area (Å²) in [7, 11) is 1.26. The summed E-state index contributed by atoms with van der Waals surface area (Å²) in [5, 5.41) is 2.42. The normalized spacial score (nSPS) is 10.5. The Morgan fingerprint density at radius 2 is 1.76 bits per heavy atom. The van der Waals surface area contributed by atoms with Gasteiger partial charge in [0.25, 0.3) is 0 Å². The van der Waals surface area contributed by atoms with Crippen molar-refractivity contribution in [3.63, 3.8) is 0 Å². The molecule has 0 saturated heterocycles. The highest BCUT2D eigenvalue weighted by Crippen LogP contribution is 2.10. The number of esters is 1. The van der Waals surface area contributed by atoms with E-state index in [0.29, 0.717) is 5.75 Å². The Morgan fingerprint density at radius 1 is 1.18 bits per heavy atom. The van der Waals surface area contributed by atoms with E-state index in [0.717, 1.165) is 0 Å². The Balaban J connectivity index is 2.59. The van der Waals surface area contributed by atoms with Gasteiger partial charge >= 0.3 is 12.1 Å². The first-order valence-corrected chi connectivity index (χ1v) is 5.09. The van der Waals surface area contributed by atoms with Crippen molar-refractivity contribution in [1.29, 1.82) is 0 Å². The third-order valence-electron chi connectivity index (χ3n) is 2.06. The third kappa shape index (κ3) is 3.79. The molecule has 0 aliphatic heterocycles. The van der Waals surface area contributed by atoms with E-state index in [1.807, 2.05) is 6.07 Å². The van der Waals surface area contributed by atoms with Gasteiger partial charge in [0.15, 0.2) is 0 Å². The number of ether oxygens (including phenoxy) is 2. The van der Waals surface area contributed by atoms with Crippen LogP contribution in [0.15, 0.2) is 30.3 Å². The molecule has 0 bridgehead atoms. The van der Waals surface area contributed by atoms with E-state index in [9.17, 15) is 9.59 Å². The fourth-order valence-corrected chi connectivity index (χ4v) is 1.18. The second-order valence-electron chi connectivity index (χ2n) is 3.94. The first-order valence-electron chi connectivity index (χ1n) is 5.09. The minimum absolute atomic E-state index is 0.408. The van der Waals surface area contributed by atoms with Crippen molar-refractivity contribution in [3.05, 3.63) is 30.3 Å². The molecule has 0 aromatic heterocycles. The van der Waals surface area contributed by atoms with Gasteiger partial charge < -0.3 is 14.8 Å². The molecule has 0 unspecified atom stereocenters. The lowest BCUT2D eigenvalue weighted by Crippen LogP contribution is -2.51. The molecule has 0 atom stereocenters. The van der Waals surface area contributed by atoms with Gasteiger partial charge in [0.05, 0.1) is 7.11 Å². The first-order chi connectivity index (χ1) is 7.95. The molecule has 5 heteroatoms. The summed E-state index contributed by atoms with van der Waals surface area (Å²) >= 11 is 0. The van der Waals surface area contributed by atoms with E-state index in [1.54, 1.807) is 24.3 Å². The van der Waals surface area contributed by atoms with E-state index in [2.05, 4.69) is 10.1 Å². The quantitative estimate of drug-likeness (QED) is 0.813. The highest BCUT2D eigenvalue weighted by molar-refractivity contribution is 5.85. The second kappa shape index (κ2) is 5.34. The van der Waals surface area contributed by atoms with Crippen LogP contribution in [0.25, 0.3) is 0 Å². The molecular weight excluding hydrogens is 222 g/mol. The highest BCUT2D eigenvalue weighted by Gasteiger charge is 2.31. The summed E-state index contributed by atoms with van der Waals surface area (Å²) in [6, 6.07) is 8.58. The molecule has 92 valence electrons. The molecule has 1 rings (SSSR count).